The van der Waals surface area contributed by atoms with Gasteiger partial charge in [0, 0.05) is 5.54 Å². The van der Waals surface area contributed by atoms with E-state index < -0.39 is 0 Å². The Balaban J connectivity index is 2.25. The predicted molar refractivity (Wildman–Crippen MR) is 65.0 cm³/mol. The van der Waals surface area contributed by atoms with Crippen LogP contribution in [0.1, 0.15) is 37.8 Å². The van der Waals surface area contributed by atoms with Crippen molar-refractivity contribution < 1.29 is 0 Å². The van der Waals surface area contributed by atoms with Gasteiger partial charge in [0.1, 0.15) is 0 Å². The summed E-state index contributed by atoms with van der Waals surface area (Å²) >= 11 is 0. The van der Waals surface area contributed by atoms with E-state index in [4.69, 9.17) is 0 Å². The average Bonchev–Trinajstić information content (AvgIpc) is 3.02. The molecule has 0 aliphatic heterocycles. The summed E-state index contributed by atoms with van der Waals surface area (Å²) in [4.78, 5) is 2.59. The van der Waals surface area contributed by atoms with Crippen LogP contribution >= 0.6 is 0 Å². The molecule has 1 aliphatic rings. The predicted octanol–water partition coefficient (Wildman–Crippen LogP) is 3.33. The molecule has 82 valence electrons. The monoisotopic (exact) mass is 203 g/mol. The molecule has 0 unspecified atom stereocenters. The third kappa shape index (κ3) is 1.81. The molecule has 0 heterocycles. The Morgan fingerprint density at radius 3 is 2.00 bits per heavy atom. The third-order valence-corrected chi connectivity index (χ3v) is 3.68. The highest BCUT2D eigenvalue weighted by Gasteiger charge is 2.47. The van der Waals surface area contributed by atoms with Gasteiger partial charge in [-0.05, 0) is 38.4 Å². The lowest BCUT2D eigenvalue weighted by atomic mass is 10.0. The van der Waals surface area contributed by atoms with Crippen LogP contribution in [0.2, 0.25) is 0 Å². The standard InChI is InChI=1S/C14H21N/c1-4-15(5-2)14(10-11-14)13-8-6-12(3)7-9-13/h6-9H,4-5,10-11H2,1-3H3. The maximum absolute atomic E-state index is 2.59. The van der Waals surface area contributed by atoms with Gasteiger partial charge in [0.2, 0.25) is 0 Å². The highest BCUT2D eigenvalue weighted by Crippen LogP contribution is 2.50. The van der Waals surface area contributed by atoms with Gasteiger partial charge in [-0.2, -0.15) is 0 Å². The fourth-order valence-electron chi connectivity index (χ4n) is 2.60. The number of rotatable bonds is 4. The molecule has 1 saturated carbocycles. The van der Waals surface area contributed by atoms with Gasteiger partial charge in [-0.15, -0.1) is 0 Å². The molecule has 15 heavy (non-hydrogen) atoms. The zero-order chi connectivity index (χ0) is 10.9. The zero-order valence-electron chi connectivity index (χ0n) is 10.1. The van der Waals surface area contributed by atoms with Crippen LogP contribution in [0.5, 0.6) is 0 Å². The highest BCUT2D eigenvalue weighted by atomic mass is 15.2. The van der Waals surface area contributed by atoms with Crippen molar-refractivity contribution in [2.75, 3.05) is 13.1 Å². The topological polar surface area (TPSA) is 3.24 Å². The van der Waals surface area contributed by atoms with Gasteiger partial charge in [-0.1, -0.05) is 43.7 Å². The lowest BCUT2D eigenvalue weighted by molar-refractivity contribution is 0.197. The normalized spacial score (nSPS) is 18.1. The van der Waals surface area contributed by atoms with Crippen molar-refractivity contribution >= 4 is 0 Å². The molecule has 0 bridgehead atoms. The summed E-state index contributed by atoms with van der Waals surface area (Å²) in [5, 5.41) is 0. The van der Waals surface area contributed by atoms with E-state index in [0.717, 1.165) is 13.1 Å². The van der Waals surface area contributed by atoms with E-state index in [1.807, 2.05) is 0 Å². The molecule has 1 fully saturated rings. The number of benzene rings is 1. The van der Waals surface area contributed by atoms with Gasteiger partial charge < -0.3 is 0 Å². The highest BCUT2D eigenvalue weighted by molar-refractivity contribution is 5.32. The van der Waals surface area contributed by atoms with Gasteiger partial charge in [0.25, 0.3) is 0 Å². The Labute approximate surface area is 93.1 Å². The van der Waals surface area contributed by atoms with Gasteiger partial charge in [0.15, 0.2) is 0 Å². The second-order valence-corrected chi connectivity index (χ2v) is 4.57. The van der Waals surface area contributed by atoms with Gasteiger partial charge in [-0.25, -0.2) is 0 Å². The van der Waals surface area contributed by atoms with E-state index in [1.54, 1.807) is 0 Å². The fraction of sp³-hybridized carbons (Fsp3) is 0.571. The summed E-state index contributed by atoms with van der Waals surface area (Å²) in [6.45, 7) is 8.99. The van der Waals surface area contributed by atoms with Crippen LogP contribution in [0.15, 0.2) is 24.3 Å². The molecule has 1 aromatic carbocycles. The fourth-order valence-corrected chi connectivity index (χ4v) is 2.60. The van der Waals surface area contributed by atoms with Crippen LogP contribution in [-0.4, -0.2) is 18.0 Å². The van der Waals surface area contributed by atoms with E-state index in [-0.39, 0.29) is 0 Å². The maximum atomic E-state index is 2.59. The van der Waals surface area contributed by atoms with Crippen LogP contribution in [0, 0.1) is 6.92 Å². The molecule has 1 aromatic rings. The Kier molecular flexibility index (Phi) is 2.83. The Bertz CT molecular complexity index is 318. The Hall–Kier alpha value is -0.820. The minimum atomic E-state index is 0.386. The first-order chi connectivity index (χ1) is 7.23. The Morgan fingerprint density at radius 1 is 1.07 bits per heavy atom. The van der Waals surface area contributed by atoms with Crippen LogP contribution in [0.4, 0.5) is 0 Å². The lowest BCUT2D eigenvalue weighted by Gasteiger charge is -2.30. The molecule has 1 nitrogen and oxygen atoms in total. The van der Waals surface area contributed by atoms with Crippen molar-refractivity contribution in [2.45, 2.75) is 39.2 Å². The van der Waals surface area contributed by atoms with Crippen LogP contribution in [0.3, 0.4) is 0 Å². The summed E-state index contributed by atoms with van der Waals surface area (Å²) in [7, 11) is 0. The van der Waals surface area contributed by atoms with Gasteiger partial charge in [0.05, 0.1) is 0 Å². The van der Waals surface area contributed by atoms with E-state index in [0.29, 0.717) is 5.54 Å². The second-order valence-electron chi connectivity index (χ2n) is 4.57. The molecule has 2 rings (SSSR count). The molecule has 0 atom stereocenters. The lowest BCUT2D eigenvalue weighted by Crippen LogP contribution is -2.34. The number of nitrogens with zero attached hydrogens (tertiary/aromatic N) is 1. The van der Waals surface area contributed by atoms with Crippen molar-refractivity contribution in [3.63, 3.8) is 0 Å². The summed E-state index contributed by atoms with van der Waals surface area (Å²) in [6, 6.07) is 9.08. The number of hydrogen-bond acceptors (Lipinski definition) is 1. The Morgan fingerprint density at radius 2 is 1.60 bits per heavy atom. The SMILES string of the molecule is CCN(CC)C1(c2ccc(C)cc2)CC1. The van der Waals surface area contributed by atoms with Crippen LogP contribution in [0.25, 0.3) is 0 Å². The van der Waals surface area contributed by atoms with E-state index in [2.05, 4.69) is 49.9 Å². The average molecular weight is 203 g/mol. The maximum Gasteiger partial charge on any atom is 0.0462 e. The van der Waals surface area contributed by atoms with E-state index in [9.17, 15) is 0 Å². The summed E-state index contributed by atoms with van der Waals surface area (Å²) in [5.41, 5.74) is 3.25. The molecule has 1 heteroatoms. The quantitative estimate of drug-likeness (QED) is 0.725. The van der Waals surface area contributed by atoms with Crippen molar-refractivity contribution in [3.05, 3.63) is 35.4 Å². The van der Waals surface area contributed by atoms with Crippen molar-refractivity contribution in [1.82, 2.24) is 4.90 Å². The van der Waals surface area contributed by atoms with Crippen molar-refractivity contribution in [1.29, 1.82) is 0 Å². The number of hydrogen-bond donors (Lipinski definition) is 0. The minimum absolute atomic E-state index is 0.386. The first kappa shape index (κ1) is 10.7. The third-order valence-electron chi connectivity index (χ3n) is 3.68. The summed E-state index contributed by atoms with van der Waals surface area (Å²) < 4.78 is 0. The summed E-state index contributed by atoms with van der Waals surface area (Å²) in [5.74, 6) is 0. The van der Waals surface area contributed by atoms with Crippen LogP contribution in [-0.2, 0) is 5.54 Å². The molecule has 0 N–H and O–H groups in total. The molecule has 0 aromatic heterocycles. The molecular weight excluding hydrogens is 182 g/mol. The van der Waals surface area contributed by atoms with Crippen LogP contribution < -0.4 is 0 Å². The molecular formula is C14H21N. The van der Waals surface area contributed by atoms with Crippen molar-refractivity contribution in [2.24, 2.45) is 0 Å². The molecule has 0 radical (unpaired) electrons. The molecule has 0 saturated heterocycles. The largest absolute Gasteiger partial charge is 0.294 e. The minimum Gasteiger partial charge on any atom is -0.294 e. The smallest absolute Gasteiger partial charge is 0.0462 e. The molecule has 0 spiro atoms. The van der Waals surface area contributed by atoms with Gasteiger partial charge in [-0.3, -0.25) is 4.90 Å². The zero-order valence-corrected chi connectivity index (χ0v) is 10.1. The first-order valence-electron chi connectivity index (χ1n) is 6.05. The first-order valence-corrected chi connectivity index (χ1v) is 6.05. The molecule has 1 aliphatic carbocycles. The van der Waals surface area contributed by atoms with E-state index in [1.165, 1.54) is 24.0 Å². The van der Waals surface area contributed by atoms with E-state index >= 15 is 0 Å². The second kappa shape index (κ2) is 3.97. The molecule has 0 amide bonds. The number of aryl methyl sites for hydroxylation is 1. The van der Waals surface area contributed by atoms with Crippen molar-refractivity contribution in [3.8, 4) is 0 Å². The summed E-state index contributed by atoms with van der Waals surface area (Å²) in [6.07, 6.45) is 2.66. The van der Waals surface area contributed by atoms with Gasteiger partial charge >= 0.3 is 0 Å².